The number of aryl methyl sites for hydroxylation is 1. The molecule has 0 saturated heterocycles. The van der Waals surface area contributed by atoms with Crippen molar-refractivity contribution in [3.8, 4) is 22.6 Å². The third-order valence-corrected chi connectivity index (χ3v) is 5.10. The van der Waals surface area contributed by atoms with Crippen LogP contribution in [-0.4, -0.2) is 22.8 Å². The van der Waals surface area contributed by atoms with Crippen molar-refractivity contribution in [3.05, 3.63) is 95.3 Å². The molecule has 0 saturated carbocycles. The summed E-state index contributed by atoms with van der Waals surface area (Å²) in [5.41, 5.74) is 4.61. The molecule has 0 unspecified atom stereocenters. The summed E-state index contributed by atoms with van der Waals surface area (Å²) in [6.45, 7) is 1.93. The minimum Gasteiger partial charge on any atom is -0.497 e. The van der Waals surface area contributed by atoms with Gasteiger partial charge in [-0.05, 0) is 60.0 Å². The van der Waals surface area contributed by atoms with Crippen molar-refractivity contribution in [2.45, 2.75) is 6.92 Å². The Morgan fingerprint density at radius 3 is 2.57 bits per heavy atom. The van der Waals surface area contributed by atoms with Crippen LogP contribution in [0.2, 0.25) is 5.02 Å². The quantitative estimate of drug-likeness (QED) is 0.449. The van der Waals surface area contributed by atoms with Crippen LogP contribution in [0.15, 0.2) is 79.1 Å². The van der Waals surface area contributed by atoms with Gasteiger partial charge < -0.3 is 10.1 Å². The fraction of sp³-hybridized carbons (Fsp3) is 0.0833. The van der Waals surface area contributed by atoms with Crippen LogP contribution in [0.5, 0.6) is 5.75 Å². The first-order chi connectivity index (χ1) is 14.6. The van der Waals surface area contributed by atoms with Crippen LogP contribution in [0, 0.1) is 6.92 Å². The van der Waals surface area contributed by atoms with E-state index in [0.29, 0.717) is 22.0 Å². The summed E-state index contributed by atoms with van der Waals surface area (Å²) in [6, 6.07) is 20.6. The molecule has 0 aliphatic rings. The maximum Gasteiger partial charge on any atom is 0.256 e. The predicted molar refractivity (Wildman–Crippen MR) is 120 cm³/mol. The molecule has 1 aromatic heterocycles. The minimum atomic E-state index is -0.199. The number of aromatic nitrogens is 2. The number of nitrogens with zero attached hydrogens (tertiary/aromatic N) is 2. The van der Waals surface area contributed by atoms with E-state index in [9.17, 15) is 4.79 Å². The molecule has 1 N–H and O–H groups in total. The molecule has 0 spiro atoms. The number of carbonyl (C=O) groups is 1. The maximum atomic E-state index is 13.4. The van der Waals surface area contributed by atoms with Crippen LogP contribution in [0.25, 0.3) is 16.8 Å². The van der Waals surface area contributed by atoms with Gasteiger partial charge in [0, 0.05) is 17.4 Å². The zero-order valence-electron chi connectivity index (χ0n) is 16.6. The molecule has 1 heterocycles. The molecule has 4 aromatic rings. The van der Waals surface area contributed by atoms with Crippen LogP contribution >= 0.6 is 11.6 Å². The SMILES string of the molecule is COc1ccc(-c2cccc(C)c2C(=O)Nc2ccc(Cl)cc2-n2cccn2)cc1. The summed E-state index contributed by atoms with van der Waals surface area (Å²) in [6.07, 6.45) is 3.48. The first-order valence-electron chi connectivity index (χ1n) is 9.42. The molecule has 1 amide bonds. The van der Waals surface area contributed by atoms with E-state index in [1.807, 2.05) is 55.5 Å². The second-order valence-corrected chi connectivity index (χ2v) is 7.23. The van der Waals surface area contributed by atoms with Gasteiger partial charge in [0.05, 0.1) is 24.0 Å². The number of carbonyl (C=O) groups excluding carboxylic acids is 1. The molecule has 150 valence electrons. The molecule has 0 atom stereocenters. The topological polar surface area (TPSA) is 56.1 Å². The number of nitrogens with one attached hydrogen (secondary N) is 1. The third kappa shape index (κ3) is 3.93. The highest BCUT2D eigenvalue weighted by Gasteiger charge is 2.18. The fourth-order valence-electron chi connectivity index (χ4n) is 3.38. The zero-order chi connectivity index (χ0) is 21.1. The molecule has 30 heavy (non-hydrogen) atoms. The average Bonchev–Trinajstić information content (AvgIpc) is 3.29. The lowest BCUT2D eigenvalue weighted by molar-refractivity contribution is 0.102. The van der Waals surface area contributed by atoms with Crippen LogP contribution in [0.1, 0.15) is 15.9 Å². The van der Waals surface area contributed by atoms with Crippen molar-refractivity contribution in [2.24, 2.45) is 0 Å². The Kier molecular flexibility index (Phi) is 5.55. The smallest absolute Gasteiger partial charge is 0.256 e. The van der Waals surface area contributed by atoms with Crippen molar-refractivity contribution in [1.29, 1.82) is 0 Å². The summed E-state index contributed by atoms with van der Waals surface area (Å²) in [7, 11) is 1.63. The molecule has 5 nitrogen and oxygen atoms in total. The van der Waals surface area contributed by atoms with Gasteiger partial charge in [-0.25, -0.2) is 4.68 Å². The van der Waals surface area contributed by atoms with E-state index >= 15 is 0 Å². The summed E-state index contributed by atoms with van der Waals surface area (Å²) in [5, 5.41) is 7.86. The van der Waals surface area contributed by atoms with Crippen LogP contribution in [-0.2, 0) is 0 Å². The second kappa shape index (κ2) is 8.43. The van der Waals surface area contributed by atoms with E-state index in [1.165, 1.54) is 0 Å². The molecular weight excluding hydrogens is 398 g/mol. The number of hydrogen-bond donors (Lipinski definition) is 1. The minimum absolute atomic E-state index is 0.199. The van der Waals surface area contributed by atoms with Gasteiger partial charge in [0.1, 0.15) is 5.75 Å². The standard InChI is InChI=1S/C24H20ClN3O2/c1-16-5-3-6-20(17-7-10-19(30-2)11-8-17)23(16)24(29)27-21-12-9-18(25)15-22(21)28-14-4-13-26-28/h3-15H,1-2H3,(H,27,29). The lowest BCUT2D eigenvalue weighted by Gasteiger charge is -2.16. The van der Waals surface area contributed by atoms with Gasteiger partial charge in [-0.1, -0.05) is 41.9 Å². The predicted octanol–water partition coefficient (Wildman–Crippen LogP) is 5.76. The number of rotatable bonds is 5. The summed E-state index contributed by atoms with van der Waals surface area (Å²) < 4.78 is 6.92. The molecule has 0 radical (unpaired) electrons. The van der Waals surface area contributed by atoms with Crippen LogP contribution in [0.3, 0.4) is 0 Å². The van der Waals surface area contributed by atoms with E-state index in [2.05, 4.69) is 10.4 Å². The number of amides is 1. The van der Waals surface area contributed by atoms with E-state index in [4.69, 9.17) is 16.3 Å². The number of ether oxygens (including phenoxy) is 1. The molecular formula is C24H20ClN3O2. The molecule has 6 heteroatoms. The Morgan fingerprint density at radius 2 is 1.87 bits per heavy atom. The average molecular weight is 418 g/mol. The highest BCUT2D eigenvalue weighted by Crippen LogP contribution is 2.30. The number of methoxy groups -OCH3 is 1. The van der Waals surface area contributed by atoms with Crippen LogP contribution in [0.4, 0.5) is 5.69 Å². The molecule has 0 aliphatic heterocycles. The Morgan fingerprint density at radius 1 is 1.07 bits per heavy atom. The molecule has 4 rings (SSSR count). The van der Waals surface area contributed by atoms with Gasteiger partial charge in [0.15, 0.2) is 0 Å². The van der Waals surface area contributed by atoms with Crippen molar-refractivity contribution in [2.75, 3.05) is 12.4 Å². The fourth-order valence-corrected chi connectivity index (χ4v) is 3.54. The Balaban J connectivity index is 1.73. The molecule has 0 bridgehead atoms. The van der Waals surface area contributed by atoms with Crippen molar-refractivity contribution >= 4 is 23.2 Å². The third-order valence-electron chi connectivity index (χ3n) is 4.86. The van der Waals surface area contributed by atoms with E-state index in [0.717, 1.165) is 22.4 Å². The highest BCUT2D eigenvalue weighted by atomic mass is 35.5. The first-order valence-corrected chi connectivity index (χ1v) is 9.79. The maximum absolute atomic E-state index is 13.4. The summed E-state index contributed by atoms with van der Waals surface area (Å²) in [4.78, 5) is 13.4. The lowest BCUT2D eigenvalue weighted by atomic mass is 9.95. The Hall–Kier alpha value is -3.57. The van der Waals surface area contributed by atoms with Crippen molar-refractivity contribution < 1.29 is 9.53 Å². The van der Waals surface area contributed by atoms with E-state index < -0.39 is 0 Å². The lowest BCUT2D eigenvalue weighted by Crippen LogP contribution is -2.16. The second-order valence-electron chi connectivity index (χ2n) is 6.79. The van der Waals surface area contributed by atoms with Crippen molar-refractivity contribution in [1.82, 2.24) is 9.78 Å². The van der Waals surface area contributed by atoms with E-state index in [1.54, 1.807) is 42.4 Å². The number of anilines is 1. The van der Waals surface area contributed by atoms with Gasteiger partial charge in [-0.15, -0.1) is 0 Å². The number of hydrogen-bond acceptors (Lipinski definition) is 3. The van der Waals surface area contributed by atoms with Gasteiger partial charge >= 0.3 is 0 Å². The normalized spacial score (nSPS) is 10.6. The monoisotopic (exact) mass is 417 g/mol. The Bertz CT molecular complexity index is 1190. The zero-order valence-corrected chi connectivity index (χ0v) is 17.4. The molecule has 0 aliphatic carbocycles. The van der Waals surface area contributed by atoms with E-state index in [-0.39, 0.29) is 5.91 Å². The molecule has 3 aromatic carbocycles. The van der Waals surface area contributed by atoms with Gasteiger partial charge in [-0.3, -0.25) is 4.79 Å². The highest BCUT2D eigenvalue weighted by molar-refractivity contribution is 6.31. The Labute approximate surface area is 179 Å². The summed E-state index contributed by atoms with van der Waals surface area (Å²) in [5.74, 6) is 0.567. The largest absolute Gasteiger partial charge is 0.497 e. The number of benzene rings is 3. The van der Waals surface area contributed by atoms with Crippen molar-refractivity contribution in [3.63, 3.8) is 0 Å². The summed E-state index contributed by atoms with van der Waals surface area (Å²) >= 11 is 6.18. The van der Waals surface area contributed by atoms with Gasteiger partial charge in [0.25, 0.3) is 5.91 Å². The van der Waals surface area contributed by atoms with Gasteiger partial charge in [0.2, 0.25) is 0 Å². The first kappa shape index (κ1) is 19.7. The van der Waals surface area contributed by atoms with Gasteiger partial charge in [-0.2, -0.15) is 5.10 Å². The van der Waals surface area contributed by atoms with Crippen LogP contribution < -0.4 is 10.1 Å². The number of halogens is 1. The molecule has 0 fully saturated rings.